The summed E-state index contributed by atoms with van der Waals surface area (Å²) in [4.78, 5) is 25.7. The van der Waals surface area contributed by atoms with Crippen molar-refractivity contribution in [2.24, 2.45) is 0 Å². The maximum absolute atomic E-state index is 12.3. The van der Waals surface area contributed by atoms with E-state index in [1.807, 2.05) is 0 Å². The molecule has 0 atom stereocenters. The van der Waals surface area contributed by atoms with Crippen LogP contribution in [0, 0.1) is 0 Å². The highest BCUT2D eigenvalue weighted by atomic mass is 16.5. The van der Waals surface area contributed by atoms with Crippen LogP contribution in [-0.2, 0) is 0 Å². The van der Waals surface area contributed by atoms with Crippen LogP contribution in [0.4, 0.5) is 0 Å². The summed E-state index contributed by atoms with van der Waals surface area (Å²) in [5.41, 5.74) is 1.66. The Bertz CT molecular complexity index is 885. The van der Waals surface area contributed by atoms with Gasteiger partial charge in [0.25, 0.3) is 11.8 Å². The Hall–Kier alpha value is -3.48. The minimum atomic E-state index is -0.282. The fraction of sp³-hybridized carbons (Fsp3) is 0.111. The SMILES string of the molecule is O=C1c2ccccc2C(=O)N1CCOc1ccc(-c2nnco2)cc1. The second-order valence-electron chi connectivity index (χ2n) is 5.42. The number of hydrogen-bond acceptors (Lipinski definition) is 6. The summed E-state index contributed by atoms with van der Waals surface area (Å²) >= 11 is 0. The van der Waals surface area contributed by atoms with Crippen LogP contribution in [0.3, 0.4) is 0 Å². The Kier molecular flexibility index (Phi) is 3.74. The van der Waals surface area contributed by atoms with Crippen molar-refractivity contribution in [3.8, 4) is 17.2 Å². The third-order valence-corrected chi connectivity index (χ3v) is 3.92. The van der Waals surface area contributed by atoms with Gasteiger partial charge in [0, 0.05) is 5.56 Å². The smallest absolute Gasteiger partial charge is 0.261 e. The molecule has 0 saturated carbocycles. The van der Waals surface area contributed by atoms with E-state index in [0.29, 0.717) is 22.8 Å². The number of rotatable bonds is 5. The molecule has 2 amide bonds. The van der Waals surface area contributed by atoms with Crippen molar-refractivity contribution in [1.82, 2.24) is 15.1 Å². The van der Waals surface area contributed by atoms with E-state index in [4.69, 9.17) is 9.15 Å². The molecule has 7 heteroatoms. The van der Waals surface area contributed by atoms with Gasteiger partial charge in [-0.2, -0.15) is 0 Å². The highest BCUT2D eigenvalue weighted by Gasteiger charge is 2.34. The molecule has 1 aromatic heterocycles. The average Bonchev–Trinajstić information content (AvgIpc) is 3.26. The lowest BCUT2D eigenvalue weighted by Gasteiger charge is -2.14. The van der Waals surface area contributed by atoms with E-state index in [0.717, 1.165) is 5.56 Å². The lowest BCUT2D eigenvalue weighted by atomic mass is 10.1. The molecule has 0 fully saturated rings. The number of hydrogen-bond donors (Lipinski definition) is 0. The number of carbonyl (C=O) groups excluding carboxylic acids is 2. The quantitative estimate of drug-likeness (QED) is 0.666. The van der Waals surface area contributed by atoms with Crippen LogP contribution in [0.2, 0.25) is 0 Å². The van der Waals surface area contributed by atoms with Crippen LogP contribution in [0.1, 0.15) is 20.7 Å². The average molecular weight is 335 g/mol. The fourth-order valence-corrected chi connectivity index (χ4v) is 2.69. The van der Waals surface area contributed by atoms with Gasteiger partial charge in [-0.15, -0.1) is 10.2 Å². The lowest BCUT2D eigenvalue weighted by molar-refractivity contribution is 0.0631. The van der Waals surface area contributed by atoms with E-state index in [9.17, 15) is 9.59 Å². The van der Waals surface area contributed by atoms with Gasteiger partial charge in [-0.05, 0) is 36.4 Å². The maximum atomic E-state index is 12.3. The molecule has 25 heavy (non-hydrogen) atoms. The van der Waals surface area contributed by atoms with Crippen molar-refractivity contribution in [3.05, 3.63) is 66.1 Å². The molecule has 0 aliphatic carbocycles. The van der Waals surface area contributed by atoms with Gasteiger partial charge in [-0.3, -0.25) is 14.5 Å². The van der Waals surface area contributed by atoms with Crippen molar-refractivity contribution in [1.29, 1.82) is 0 Å². The van der Waals surface area contributed by atoms with Crippen molar-refractivity contribution in [2.75, 3.05) is 13.2 Å². The van der Waals surface area contributed by atoms with E-state index in [1.54, 1.807) is 48.5 Å². The highest BCUT2D eigenvalue weighted by Crippen LogP contribution is 2.23. The molecule has 0 bridgehead atoms. The molecular formula is C18H13N3O4. The first-order valence-corrected chi connectivity index (χ1v) is 7.68. The summed E-state index contributed by atoms with van der Waals surface area (Å²) in [6.45, 7) is 0.406. The Morgan fingerprint density at radius 2 is 1.64 bits per heavy atom. The molecule has 0 unspecified atom stereocenters. The van der Waals surface area contributed by atoms with Crippen LogP contribution in [0.5, 0.6) is 5.75 Å². The van der Waals surface area contributed by atoms with Crippen molar-refractivity contribution >= 4 is 11.8 Å². The van der Waals surface area contributed by atoms with Gasteiger partial charge in [-0.1, -0.05) is 12.1 Å². The monoisotopic (exact) mass is 335 g/mol. The van der Waals surface area contributed by atoms with Crippen LogP contribution < -0.4 is 4.74 Å². The number of aromatic nitrogens is 2. The zero-order valence-corrected chi connectivity index (χ0v) is 13.1. The van der Waals surface area contributed by atoms with Crippen LogP contribution in [0.25, 0.3) is 11.5 Å². The molecule has 0 radical (unpaired) electrons. The molecule has 2 heterocycles. The fourth-order valence-electron chi connectivity index (χ4n) is 2.69. The summed E-state index contributed by atoms with van der Waals surface area (Å²) in [5, 5.41) is 7.46. The molecule has 1 aliphatic heterocycles. The standard InChI is InChI=1S/C18H13N3O4/c22-17-14-3-1-2-4-15(14)18(23)21(17)9-10-24-13-7-5-12(6-8-13)16-20-19-11-25-16/h1-8,11H,9-10H2. The number of carbonyl (C=O) groups is 2. The van der Waals surface area contributed by atoms with Gasteiger partial charge < -0.3 is 9.15 Å². The minimum absolute atomic E-state index is 0.192. The van der Waals surface area contributed by atoms with Crippen molar-refractivity contribution in [2.45, 2.75) is 0 Å². The number of fused-ring (bicyclic) bond motifs is 1. The first kappa shape index (κ1) is 15.1. The molecule has 7 nitrogen and oxygen atoms in total. The van der Waals surface area contributed by atoms with Gasteiger partial charge >= 0.3 is 0 Å². The summed E-state index contributed by atoms with van der Waals surface area (Å²) < 4.78 is 10.7. The summed E-state index contributed by atoms with van der Waals surface area (Å²) in [5.74, 6) is 0.490. The normalized spacial score (nSPS) is 13.2. The Morgan fingerprint density at radius 3 is 2.24 bits per heavy atom. The Labute approximate surface area is 142 Å². The molecule has 4 rings (SSSR count). The molecule has 0 spiro atoms. The predicted octanol–water partition coefficient (Wildman–Crippen LogP) is 2.41. The first-order chi connectivity index (χ1) is 12.2. The number of amides is 2. The molecule has 0 saturated heterocycles. The number of benzene rings is 2. The second-order valence-corrected chi connectivity index (χ2v) is 5.42. The largest absolute Gasteiger partial charge is 0.492 e. The van der Waals surface area contributed by atoms with Gasteiger partial charge in [0.15, 0.2) is 0 Å². The van der Waals surface area contributed by atoms with Crippen molar-refractivity contribution in [3.63, 3.8) is 0 Å². The molecule has 124 valence electrons. The summed E-state index contributed by atoms with van der Waals surface area (Å²) in [6, 6.07) is 13.9. The lowest BCUT2D eigenvalue weighted by Crippen LogP contribution is -2.33. The first-order valence-electron chi connectivity index (χ1n) is 7.68. The van der Waals surface area contributed by atoms with Crippen LogP contribution in [0.15, 0.2) is 59.3 Å². The maximum Gasteiger partial charge on any atom is 0.261 e. The van der Waals surface area contributed by atoms with Crippen LogP contribution in [-0.4, -0.2) is 40.1 Å². The zero-order chi connectivity index (χ0) is 17.2. The third kappa shape index (κ3) is 2.76. The molecule has 2 aromatic carbocycles. The van der Waals surface area contributed by atoms with Gasteiger partial charge in [-0.25, -0.2) is 0 Å². The van der Waals surface area contributed by atoms with E-state index < -0.39 is 0 Å². The van der Waals surface area contributed by atoms with E-state index in [1.165, 1.54) is 11.3 Å². The van der Waals surface area contributed by atoms with E-state index in [2.05, 4.69) is 10.2 Å². The minimum Gasteiger partial charge on any atom is -0.492 e. The third-order valence-electron chi connectivity index (χ3n) is 3.92. The summed E-state index contributed by atoms with van der Waals surface area (Å²) in [7, 11) is 0. The predicted molar refractivity (Wildman–Crippen MR) is 87.0 cm³/mol. The zero-order valence-electron chi connectivity index (χ0n) is 13.1. The van der Waals surface area contributed by atoms with Crippen molar-refractivity contribution < 1.29 is 18.7 Å². The van der Waals surface area contributed by atoms with E-state index >= 15 is 0 Å². The molecular weight excluding hydrogens is 322 g/mol. The summed E-state index contributed by atoms with van der Waals surface area (Å²) in [6.07, 6.45) is 1.27. The number of nitrogens with zero attached hydrogens (tertiary/aromatic N) is 3. The van der Waals surface area contributed by atoms with E-state index in [-0.39, 0.29) is 25.0 Å². The second kappa shape index (κ2) is 6.20. The molecule has 0 N–H and O–H groups in total. The van der Waals surface area contributed by atoms with Gasteiger partial charge in [0.2, 0.25) is 12.3 Å². The molecule has 3 aromatic rings. The highest BCUT2D eigenvalue weighted by molar-refractivity contribution is 6.21. The number of imide groups is 1. The number of ether oxygens (including phenoxy) is 1. The van der Waals surface area contributed by atoms with Gasteiger partial charge in [0.05, 0.1) is 17.7 Å². The Balaban J connectivity index is 1.37. The Morgan fingerprint density at radius 1 is 0.960 bits per heavy atom. The topological polar surface area (TPSA) is 85.5 Å². The van der Waals surface area contributed by atoms with Crippen LogP contribution >= 0.6 is 0 Å². The van der Waals surface area contributed by atoms with Gasteiger partial charge in [0.1, 0.15) is 12.4 Å². The molecule has 1 aliphatic rings.